The van der Waals surface area contributed by atoms with Crippen molar-refractivity contribution in [3.63, 3.8) is 0 Å². The van der Waals surface area contributed by atoms with Crippen LogP contribution in [0.1, 0.15) is 22.8 Å². The van der Waals surface area contributed by atoms with E-state index in [-0.39, 0.29) is 11.4 Å². The quantitative estimate of drug-likeness (QED) is 0.935. The summed E-state index contributed by atoms with van der Waals surface area (Å²) in [4.78, 5) is 0. The van der Waals surface area contributed by atoms with E-state index in [4.69, 9.17) is 16.3 Å². The van der Waals surface area contributed by atoms with E-state index in [1.54, 1.807) is 12.1 Å². The van der Waals surface area contributed by atoms with Gasteiger partial charge in [-0.2, -0.15) is 0 Å². The van der Waals surface area contributed by atoms with Crippen LogP contribution >= 0.6 is 11.6 Å². The number of hydrogen-bond acceptors (Lipinski definition) is 2. The fourth-order valence-corrected chi connectivity index (χ4v) is 2.65. The van der Waals surface area contributed by atoms with Gasteiger partial charge in [-0.25, -0.2) is 4.39 Å². The van der Waals surface area contributed by atoms with Crippen molar-refractivity contribution in [1.29, 1.82) is 0 Å². The van der Waals surface area contributed by atoms with Crippen LogP contribution < -0.4 is 4.74 Å². The second kappa shape index (κ2) is 5.43. The Bertz CT molecular complexity index is 642. The third kappa shape index (κ3) is 2.51. The standard InChI is InChI=1S/C16H14ClFO2/c17-16-12(2-1-3-13(16)18)9-14(19)10-4-5-15-11(8-10)6-7-20-15/h1-5,8,14,19H,6-7,9H2. The van der Waals surface area contributed by atoms with Crippen molar-refractivity contribution in [3.05, 3.63) is 63.9 Å². The molecule has 2 nitrogen and oxygen atoms in total. The molecular weight excluding hydrogens is 279 g/mol. The number of ether oxygens (including phenoxy) is 1. The van der Waals surface area contributed by atoms with E-state index < -0.39 is 11.9 Å². The Kier molecular flexibility index (Phi) is 3.64. The molecule has 1 aliphatic heterocycles. The molecule has 0 radical (unpaired) electrons. The molecule has 0 amide bonds. The van der Waals surface area contributed by atoms with E-state index in [2.05, 4.69) is 0 Å². The van der Waals surface area contributed by atoms with E-state index in [1.807, 2.05) is 18.2 Å². The summed E-state index contributed by atoms with van der Waals surface area (Å²) in [5.41, 5.74) is 2.51. The molecule has 20 heavy (non-hydrogen) atoms. The molecule has 1 heterocycles. The molecule has 0 bridgehead atoms. The molecule has 1 N–H and O–H groups in total. The smallest absolute Gasteiger partial charge is 0.142 e. The Hall–Kier alpha value is -1.58. The van der Waals surface area contributed by atoms with Gasteiger partial charge in [0, 0.05) is 12.8 Å². The summed E-state index contributed by atoms with van der Waals surface area (Å²) in [6, 6.07) is 10.3. The van der Waals surface area contributed by atoms with Crippen LogP contribution in [-0.4, -0.2) is 11.7 Å². The van der Waals surface area contributed by atoms with Crippen molar-refractivity contribution in [3.8, 4) is 5.75 Å². The first kappa shape index (κ1) is 13.4. The minimum absolute atomic E-state index is 0.0797. The number of aliphatic hydroxyl groups is 1. The van der Waals surface area contributed by atoms with Crippen LogP contribution in [0.3, 0.4) is 0 Å². The maximum absolute atomic E-state index is 13.4. The molecule has 0 aromatic heterocycles. The van der Waals surface area contributed by atoms with Gasteiger partial charge in [-0.05, 0) is 34.9 Å². The number of hydrogen-bond donors (Lipinski definition) is 1. The maximum Gasteiger partial charge on any atom is 0.142 e. The maximum atomic E-state index is 13.4. The largest absolute Gasteiger partial charge is 0.493 e. The fourth-order valence-electron chi connectivity index (χ4n) is 2.45. The van der Waals surface area contributed by atoms with E-state index in [0.717, 1.165) is 23.3 Å². The van der Waals surface area contributed by atoms with Crippen molar-refractivity contribution >= 4 is 11.6 Å². The fraction of sp³-hybridized carbons (Fsp3) is 0.250. The Morgan fingerprint density at radius 3 is 3.00 bits per heavy atom. The van der Waals surface area contributed by atoms with Gasteiger partial charge in [-0.1, -0.05) is 29.8 Å². The summed E-state index contributed by atoms with van der Waals surface area (Å²) >= 11 is 5.91. The second-order valence-electron chi connectivity index (χ2n) is 4.90. The first-order valence-electron chi connectivity index (χ1n) is 6.52. The van der Waals surface area contributed by atoms with Gasteiger partial charge in [0.25, 0.3) is 0 Å². The molecule has 4 heteroatoms. The molecule has 0 aliphatic carbocycles. The average Bonchev–Trinajstić information content (AvgIpc) is 2.91. The third-order valence-electron chi connectivity index (χ3n) is 3.54. The van der Waals surface area contributed by atoms with Gasteiger partial charge >= 0.3 is 0 Å². The Morgan fingerprint density at radius 1 is 1.30 bits per heavy atom. The third-order valence-corrected chi connectivity index (χ3v) is 3.97. The van der Waals surface area contributed by atoms with E-state index in [1.165, 1.54) is 6.07 Å². The van der Waals surface area contributed by atoms with Crippen molar-refractivity contribution in [2.75, 3.05) is 6.61 Å². The van der Waals surface area contributed by atoms with Crippen LogP contribution in [-0.2, 0) is 12.8 Å². The number of benzene rings is 2. The van der Waals surface area contributed by atoms with Gasteiger partial charge in [0.15, 0.2) is 0 Å². The molecule has 2 aromatic carbocycles. The van der Waals surface area contributed by atoms with E-state index in [9.17, 15) is 9.50 Å². The summed E-state index contributed by atoms with van der Waals surface area (Å²) in [5, 5.41) is 10.4. The SMILES string of the molecule is OC(Cc1cccc(F)c1Cl)c1ccc2c(c1)CCO2. The lowest BCUT2D eigenvalue weighted by Crippen LogP contribution is -2.03. The lowest BCUT2D eigenvalue weighted by Gasteiger charge is -2.13. The van der Waals surface area contributed by atoms with Gasteiger partial charge in [0.1, 0.15) is 11.6 Å². The van der Waals surface area contributed by atoms with E-state index >= 15 is 0 Å². The van der Waals surface area contributed by atoms with Crippen molar-refractivity contribution in [2.24, 2.45) is 0 Å². The highest BCUT2D eigenvalue weighted by molar-refractivity contribution is 6.31. The van der Waals surface area contributed by atoms with Gasteiger partial charge in [0.2, 0.25) is 0 Å². The Balaban J connectivity index is 1.82. The van der Waals surface area contributed by atoms with Crippen LogP contribution in [0.2, 0.25) is 5.02 Å². The van der Waals surface area contributed by atoms with Crippen molar-refractivity contribution in [1.82, 2.24) is 0 Å². The molecule has 0 spiro atoms. The normalized spacial score (nSPS) is 14.8. The first-order valence-corrected chi connectivity index (χ1v) is 6.89. The number of aliphatic hydroxyl groups excluding tert-OH is 1. The van der Waals surface area contributed by atoms with Crippen LogP contribution in [0.5, 0.6) is 5.75 Å². The summed E-state index contributed by atoms with van der Waals surface area (Å²) in [5.74, 6) is 0.420. The van der Waals surface area contributed by atoms with E-state index in [0.29, 0.717) is 12.2 Å². The summed E-state index contributed by atoms with van der Waals surface area (Å²) < 4.78 is 18.8. The van der Waals surface area contributed by atoms with Crippen molar-refractivity contribution < 1.29 is 14.2 Å². The summed E-state index contributed by atoms with van der Waals surface area (Å²) in [6.45, 7) is 0.685. The van der Waals surface area contributed by atoms with Gasteiger partial charge < -0.3 is 9.84 Å². The highest BCUT2D eigenvalue weighted by atomic mass is 35.5. The predicted octanol–water partition coefficient (Wildman–Crippen LogP) is 3.69. The summed E-state index contributed by atoms with van der Waals surface area (Å²) in [6.07, 6.45) is 0.438. The molecule has 3 rings (SSSR count). The second-order valence-corrected chi connectivity index (χ2v) is 5.28. The predicted molar refractivity (Wildman–Crippen MR) is 75.7 cm³/mol. The Labute approximate surface area is 121 Å². The van der Waals surface area contributed by atoms with Crippen LogP contribution in [0.4, 0.5) is 4.39 Å². The molecular formula is C16H14ClFO2. The minimum Gasteiger partial charge on any atom is -0.493 e. The van der Waals surface area contributed by atoms with Gasteiger partial charge in [-0.15, -0.1) is 0 Å². The average molecular weight is 293 g/mol. The highest BCUT2D eigenvalue weighted by Gasteiger charge is 2.17. The molecule has 104 valence electrons. The molecule has 0 saturated heterocycles. The lowest BCUT2D eigenvalue weighted by atomic mass is 9.99. The van der Waals surface area contributed by atoms with Crippen molar-refractivity contribution in [2.45, 2.75) is 18.9 Å². The zero-order valence-corrected chi connectivity index (χ0v) is 11.5. The number of rotatable bonds is 3. The molecule has 2 aromatic rings. The molecule has 1 atom stereocenters. The zero-order chi connectivity index (χ0) is 14.1. The van der Waals surface area contributed by atoms with Crippen LogP contribution in [0.25, 0.3) is 0 Å². The number of halogens is 2. The summed E-state index contributed by atoms with van der Waals surface area (Å²) in [7, 11) is 0. The minimum atomic E-state index is -0.708. The monoisotopic (exact) mass is 292 g/mol. The molecule has 1 aliphatic rings. The lowest BCUT2D eigenvalue weighted by molar-refractivity contribution is 0.178. The highest BCUT2D eigenvalue weighted by Crippen LogP contribution is 2.30. The topological polar surface area (TPSA) is 29.5 Å². The zero-order valence-electron chi connectivity index (χ0n) is 10.8. The number of fused-ring (bicyclic) bond motifs is 1. The van der Waals surface area contributed by atoms with Gasteiger partial charge in [0.05, 0.1) is 17.7 Å². The van der Waals surface area contributed by atoms with Crippen LogP contribution in [0, 0.1) is 5.82 Å². The Morgan fingerprint density at radius 2 is 2.15 bits per heavy atom. The molecule has 0 saturated carbocycles. The van der Waals surface area contributed by atoms with Gasteiger partial charge in [-0.3, -0.25) is 0 Å². The first-order chi connectivity index (χ1) is 9.65. The molecule has 1 unspecified atom stereocenters. The molecule has 0 fully saturated rings. The van der Waals surface area contributed by atoms with Crippen LogP contribution in [0.15, 0.2) is 36.4 Å².